The second-order valence-electron chi connectivity index (χ2n) is 9.35. The summed E-state index contributed by atoms with van der Waals surface area (Å²) in [6.45, 7) is 3.21. The number of hydrogen-bond acceptors (Lipinski definition) is 7. The average molecular weight is 479 g/mol. The lowest BCUT2D eigenvalue weighted by atomic mass is 9.79. The van der Waals surface area contributed by atoms with Crippen molar-refractivity contribution in [1.29, 1.82) is 0 Å². The van der Waals surface area contributed by atoms with Gasteiger partial charge in [0.05, 0.1) is 18.2 Å². The van der Waals surface area contributed by atoms with Crippen LogP contribution in [0.15, 0.2) is 56.3 Å². The van der Waals surface area contributed by atoms with Crippen LogP contribution in [-0.4, -0.2) is 57.4 Å². The quantitative estimate of drug-likeness (QED) is 0.464. The number of nitrogens with zero attached hydrogens (tertiary/aromatic N) is 4. The van der Waals surface area contributed by atoms with E-state index in [0.717, 1.165) is 35.4 Å². The van der Waals surface area contributed by atoms with E-state index in [4.69, 9.17) is 8.83 Å². The predicted molar refractivity (Wildman–Crippen MR) is 123 cm³/mol. The number of rotatable bonds is 6. The first kappa shape index (κ1) is 22.8. The Kier molecular flexibility index (Phi) is 5.88. The van der Waals surface area contributed by atoms with E-state index in [0.29, 0.717) is 16.4 Å². The van der Waals surface area contributed by atoms with E-state index in [1.807, 2.05) is 26.0 Å². The van der Waals surface area contributed by atoms with Gasteiger partial charge in [0.25, 0.3) is 5.91 Å². The molecule has 2 aliphatic heterocycles. The Morgan fingerprint density at radius 2 is 1.86 bits per heavy atom. The summed E-state index contributed by atoms with van der Waals surface area (Å²) in [5.41, 5.74) is 1.73. The fourth-order valence-electron chi connectivity index (χ4n) is 4.91. The highest BCUT2D eigenvalue weighted by atomic mass is 16.3. The number of urea groups is 1. The van der Waals surface area contributed by atoms with E-state index < -0.39 is 36.3 Å². The highest BCUT2D eigenvalue weighted by molar-refractivity contribution is 6.45. The lowest BCUT2D eigenvalue weighted by Crippen LogP contribution is -2.43. The van der Waals surface area contributed by atoms with Crippen molar-refractivity contribution in [2.45, 2.75) is 39.2 Å². The minimum atomic E-state index is -0.999. The van der Waals surface area contributed by atoms with Crippen LogP contribution in [0.3, 0.4) is 0 Å². The third-order valence-electron chi connectivity index (χ3n) is 6.43. The Morgan fingerprint density at radius 1 is 1.11 bits per heavy atom. The normalized spacial score (nSPS) is 23.6. The Balaban J connectivity index is 1.44. The zero-order chi connectivity index (χ0) is 24.7. The van der Waals surface area contributed by atoms with Crippen molar-refractivity contribution in [1.82, 2.24) is 14.8 Å². The summed E-state index contributed by atoms with van der Waals surface area (Å²) < 4.78 is 11.1. The van der Waals surface area contributed by atoms with E-state index in [9.17, 15) is 19.2 Å². The molecule has 2 aromatic rings. The number of carbonyl (C=O) groups excluding carboxylic acids is 4. The summed E-state index contributed by atoms with van der Waals surface area (Å²) in [7, 11) is 0. The van der Waals surface area contributed by atoms with Crippen molar-refractivity contribution in [2.24, 2.45) is 16.9 Å². The summed E-state index contributed by atoms with van der Waals surface area (Å²) in [5.74, 6) is -1.33. The van der Waals surface area contributed by atoms with Gasteiger partial charge >= 0.3 is 17.8 Å². The molecule has 2 atom stereocenters. The van der Waals surface area contributed by atoms with Crippen LogP contribution in [0.1, 0.15) is 50.7 Å². The molecule has 0 spiro atoms. The minimum absolute atomic E-state index is 0.0119. The van der Waals surface area contributed by atoms with Gasteiger partial charge in [-0.1, -0.05) is 13.8 Å². The number of carbonyl (C=O) groups is 4. The van der Waals surface area contributed by atoms with Crippen molar-refractivity contribution in [3.8, 4) is 0 Å². The highest BCUT2D eigenvalue weighted by Gasteiger charge is 2.49. The average Bonchev–Trinajstić information content (AvgIpc) is 3.62. The molecule has 0 radical (unpaired) electrons. The number of hydrazone groups is 1. The summed E-state index contributed by atoms with van der Waals surface area (Å²) in [5, 5.41) is 5.97. The molecule has 3 aliphatic rings. The van der Waals surface area contributed by atoms with Crippen LogP contribution in [0.2, 0.25) is 0 Å². The van der Waals surface area contributed by atoms with E-state index in [-0.39, 0.29) is 18.4 Å². The van der Waals surface area contributed by atoms with Crippen LogP contribution in [0.5, 0.6) is 0 Å². The van der Waals surface area contributed by atoms with Gasteiger partial charge in [0.1, 0.15) is 24.1 Å². The topological polar surface area (TPSA) is 117 Å². The van der Waals surface area contributed by atoms with Crippen LogP contribution < -0.4 is 0 Å². The monoisotopic (exact) mass is 478 g/mol. The van der Waals surface area contributed by atoms with Crippen LogP contribution in [0.4, 0.5) is 4.79 Å². The molecule has 0 aromatic carbocycles. The molecule has 5 rings (SSSR count). The van der Waals surface area contributed by atoms with Crippen LogP contribution in [-0.2, 0) is 14.4 Å². The first-order chi connectivity index (χ1) is 16.8. The van der Waals surface area contributed by atoms with Gasteiger partial charge in [0.2, 0.25) is 0 Å². The fourth-order valence-corrected chi connectivity index (χ4v) is 4.91. The molecule has 2 unspecified atom stereocenters. The largest absolute Gasteiger partial charge is 0.467 e. The van der Waals surface area contributed by atoms with Crippen molar-refractivity contribution in [3.05, 3.63) is 53.9 Å². The van der Waals surface area contributed by atoms with Gasteiger partial charge < -0.3 is 8.83 Å². The van der Waals surface area contributed by atoms with E-state index >= 15 is 0 Å². The Hall–Kier alpha value is -3.95. The summed E-state index contributed by atoms with van der Waals surface area (Å²) in [6, 6.07) is 5.90. The zero-order valence-electron chi connectivity index (χ0n) is 19.5. The molecule has 0 bridgehead atoms. The van der Waals surface area contributed by atoms with Gasteiger partial charge in [-0.05, 0) is 61.1 Å². The number of amides is 5. The number of hydrogen-bond donors (Lipinski definition) is 0. The maximum Gasteiger partial charge on any atom is 0.334 e. The molecule has 1 aliphatic carbocycles. The molecular weight excluding hydrogens is 452 g/mol. The molecule has 10 heteroatoms. The van der Waals surface area contributed by atoms with Gasteiger partial charge in [-0.15, -0.1) is 0 Å². The molecule has 0 N–H and O–H groups in total. The maximum absolute atomic E-state index is 13.5. The SMILES string of the molecule is CC(C)CN1C(=O)C(=O)N(CC(=O)N2N=C3/C(=C/c4ccco4)CCCC3C2c2ccco2)C1=O. The summed E-state index contributed by atoms with van der Waals surface area (Å²) in [6.07, 6.45) is 7.54. The van der Waals surface area contributed by atoms with E-state index in [2.05, 4.69) is 5.10 Å². The van der Waals surface area contributed by atoms with Crippen molar-refractivity contribution >= 4 is 35.5 Å². The summed E-state index contributed by atoms with van der Waals surface area (Å²) >= 11 is 0. The van der Waals surface area contributed by atoms with Crippen molar-refractivity contribution < 1.29 is 28.0 Å². The molecule has 2 aromatic heterocycles. The first-order valence-electron chi connectivity index (χ1n) is 11.7. The smallest absolute Gasteiger partial charge is 0.334 e. The Morgan fingerprint density at radius 3 is 2.54 bits per heavy atom. The number of furan rings is 2. The predicted octanol–water partition coefficient (Wildman–Crippen LogP) is 3.44. The number of fused-ring (bicyclic) bond motifs is 1. The second-order valence-corrected chi connectivity index (χ2v) is 9.35. The number of allylic oxidation sites excluding steroid dienone is 1. The molecule has 5 amide bonds. The van der Waals surface area contributed by atoms with E-state index in [1.54, 1.807) is 24.5 Å². The zero-order valence-corrected chi connectivity index (χ0v) is 19.5. The fraction of sp³-hybridized carbons (Fsp3) is 0.400. The van der Waals surface area contributed by atoms with Crippen LogP contribution in [0, 0.1) is 11.8 Å². The third kappa shape index (κ3) is 4.09. The Bertz CT molecular complexity index is 1210. The van der Waals surface area contributed by atoms with Crippen LogP contribution >= 0.6 is 0 Å². The molecule has 4 heterocycles. The molecule has 1 saturated carbocycles. The van der Waals surface area contributed by atoms with E-state index in [1.165, 1.54) is 11.3 Å². The maximum atomic E-state index is 13.5. The standard InChI is InChI=1S/C25H26N4O6/c1-15(2)13-27-23(31)24(32)28(25(27)33)14-20(30)29-22(19-9-5-11-35-19)18-8-3-6-16(21(18)26-29)12-17-7-4-10-34-17/h4-5,7,9-12,15,18,22H,3,6,8,13-14H2,1-2H3/b16-12+. The van der Waals surface area contributed by atoms with Crippen molar-refractivity contribution in [3.63, 3.8) is 0 Å². The lowest BCUT2D eigenvalue weighted by molar-refractivity contribution is -0.145. The molecule has 10 nitrogen and oxygen atoms in total. The van der Waals surface area contributed by atoms with Crippen LogP contribution in [0.25, 0.3) is 6.08 Å². The second kappa shape index (κ2) is 9.01. The van der Waals surface area contributed by atoms with Crippen molar-refractivity contribution in [2.75, 3.05) is 13.1 Å². The third-order valence-corrected chi connectivity index (χ3v) is 6.43. The van der Waals surface area contributed by atoms with Gasteiger partial charge in [0.15, 0.2) is 0 Å². The lowest BCUT2D eigenvalue weighted by Gasteiger charge is -2.28. The Labute approximate surface area is 201 Å². The van der Waals surface area contributed by atoms with Gasteiger partial charge in [0, 0.05) is 12.5 Å². The van der Waals surface area contributed by atoms with Gasteiger partial charge in [-0.25, -0.2) is 14.7 Å². The molecular formula is C25H26N4O6. The first-order valence-corrected chi connectivity index (χ1v) is 11.7. The van der Waals surface area contributed by atoms with Gasteiger partial charge in [-0.3, -0.25) is 19.3 Å². The molecule has 35 heavy (non-hydrogen) atoms. The summed E-state index contributed by atoms with van der Waals surface area (Å²) in [4.78, 5) is 52.7. The van der Waals surface area contributed by atoms with Gasteiger partial charge in [-0.2, -0.15) is 5.10 Å². The number of imide groups is 2. The minimum Gasteiger partial charge on any atom is -0.467 e. The molecule has 182 valence electrons. The molecule has 2 fully saturated rings. The highest BCUT2D eigenvalue weighted by Crippen LogP contribution is 2.44. The molecule has 1 saturated heterocycles.